The van der Waals surface area contributed by atoms with Crippen LogP contribution in [0.15, 0.2) is 36.5 Å². The van der Waals surface area contributed by atoms with Gasteiger partial charge in [-0.3, -0.25) is 18.6 Å². The molecule has 49 heavy (non-hydrogen) atoms. The number of phosphoric acid groups is 1. The Morgan fingerprint density at radius 2 is 1.12 bits per heavy atom. The van der Waals surface area contributed by atoms with Crippen molar-refractivity contribution >= 4 is 19.8 Å². The summed E-state index contributed by atoms with van der Waals surface area (Å²) in [5.74, 6) is -0.851. The number of hydrogen-bond donors (Lipinski definition) is 2. The number of phosphoric ester groups is 1. The molecule has 0 spiro atoms. The Kier molecular flexibility index (Phi) is 34.7. The van der Waals surface area contributed by atoms with Gasteiger partial charge >= 0.3 is 19.8 Å². The van der Waals surface area contributed by atoms with Gasteiger partial charge in [0, 0.05) is 19.4 Å². The molecule has 0 bridgehead atoms. The van der Waals surface area contributed by atoms with Crippen molar-refractivity contribution in [2.45, 2.75) is 174 Å². The van der Waals surface area contributed by atoms with Crippen molar-refractivity contribution < 1.29 is 37.6 Å². The van der Waals surface area contributed by atoms with Gasteiger partial charge in [0.2, 0.25) is 0 Å². The summed E-state index contributed by atoms with van der Waals surface area (Å²) in [5.41, 5.74) is 5.33. The van der Waals surface area contributed by atoms with E-state index in [0.717, 1.165) is 57.8 Å². The second-order valence-electron chi connectivity index (χ2n) is 12.8. The maximum absolute atomic E-state index is 12.5. The van der Waals surface area contributed by atoms with Gasteiger partial charge in [0.05, 0.1) is 13.2 Å². The van der Waals surface area contributed by atoms with Crippen molar-refractivity contribution in [2.75, 3.05) is 26.4 Å². The average Bonchev–Trinajstić information content (AvgIpc) is 3.08. The van der Waals surface area contributed by atoms with Gasteiger partial charge in [-0.25, -0.2) is 4.57 Å². The first-order valence-electron chi connectivity index (χ1n) is 19.5. The first-order valence-corrected chi connectivity index (χ1v) is 21.0. The van der Waals surface area contributed by atoms with E-state index in [-0.39, 0.29) is 38.6 Å². The van der Waals surface area contributed by atoms with E-state index in [0.29, 0.717) is 6.42 Å². The van der Waals surface area contributed by atoms with Gasteiger partial charge in [-0.1, -0.05) is 159 Å². The summed E-state index contributed by atoms with van der Waals surface area (Å²) in [5, 5.41) is 0. The Morgan fingerprint density at radius 1 is 0.633 bits per heavy atom. The number of carbonyl (C=O) groups excluding carboxylic acids is 2. The third-order valence-corrected chi connectivity index (χ3v) is 9.09. The number of unbranched alkanes of at least 4 members (excludes halogenated alkanes) is 19. The lowest BCUT2D eigenvalue weighted by molar-refractivity contribution is -0.161. The Labute approximate surface area is 299 Å². The topological polar surface area (TPSA) is 134 Å². The van der Waals surface area contributed by atoms with E-state index < -0.39 is 26.5 Å². The van der Waals surface area contributed by atoms with Crippen LogP contribution in [-0.2, 0) is 32.7 Å². The average molecular weight is 714 g/mol. The Morgan fingerprint density at radius 3 is 1.65 bits per heavy atom. The summed E-state index contributed by atoms with van der Waals surface area (Å²) in [7, 11) is -4.37. The van der Waals surface area contributed by atoms with Crippen LogP contribution in [0.2, 0.25) is 0 Å². The summed E-state index contributed by atoms with van der Waals surface area (Å²) >= 11 is 0. The molecular formula is C39H72NO8P. The molecule has 0 aromatic heterocycles. The molecule has 0 aromatic rings. The van der Waals surface area contributed by atoms with Gasteiger partial charge in [0.25, 0.3) is 0 Å². The van der Waals surface area contributed by atoms with Crippen molar-refractivity contribution in [3.05, 3.63) is 36.5 Å². The largest absolute Gasteiger partial charge is 0.472 e. The molecule has 0 heterocycles. The Bertz CT molecular complexity index is 907. The molecule has 10 heteroatoms. The van der Waals surface area contributed by atoms with Gasteiger partial charge in [0.15, 0.2) is 6.10 Å². The van der Waals surface area contributed by atoms with Crippen LogP contribution in [0.25, 0.3) is 0 Å². The van der Waals surface area contributed by atoms with Gasteiger partial charge in [0.1, 0.15) is 6.61 Å². The van der Waals surface area contributed by atoms with Gasteiger partial charge in [-0.2, -0.15) is 0 Å². The quantitative estimate of drug-likeness (QED) is 0.0281. The zero-order valence-electron chi connectivity index (χ0n) is 31.2. The zero-order valence-corrected chi connectivity index (χ0v) is 32.1. The molecule has 286 valence electrons. The fourth-order valence-corrected chi connectivity index (χ4v) is 5.99. The summed E-state index contributed by atoms with van der Waals surface area (Å²) in [6, 6.07) is 0. The van der Waals surface area contributed by atoms with Gasteiger partial charge in [-0.15, -0.1) is 0 Å². The third-order valence-electron chi connectivity index (χ3n) is 8.10. The highest BCUT2D eigenvalue weighted by atomic mass is 31.2. The number of esters is 2. The summed E-state index contributed by atoms with van der Waals surface area (Å²) in [6.07, 6.45) is 37.5. The third kappa shape index (κ3) is 35.8. The second kappa shape index (κ2) is 36.0. The molecule has 0 aromatic carbocycles. The van der Waals surface area contributed by atoms with Crippen LogP contribution in [0.4, 0.5) is 0 Å². The van der Waals surface area contributed by atoms with Gasteiger partial charge in [-0.05, 0) is 32.1 Å². The summed E-state index contributed by atoms with van der Waals surface area (Å²) < 4.78 is 32.6. The summed E-state index contributed by atoms with van der Waals surface area (Å²) in [6.45, 7) is 3.57. The number of rotatable bonds is 36. The van der Waals surface area contributed by atoms with Crippen LogP contribution >= 0.6 is 7.82 Å². The molecule has 0 saturated carbocycles. The van der Waals surface area contributed by atoms with Crippen molar-refractivity contribution in [2.24, 2.45) is 5.73 Å². The van der Waals surface area contributed by atoms with E-state index in [1.807, 2.05) is 18.2 Å². The molecule has 0 fully saturated rings. The highest BCUT2D eigenvalue weighted by Gasteiger charge is 2.25. The normalized spacial score (nSPS) is 13.8. The van der Waals surface area contributed by atoms with E-state index in [9.17, 15) is 19.0 Å². The number of hydrogen-bond acceptors (Lipinski definition) is 8. The van der Waals surface area contributed by atoms with Crippen molar-refractivity contribution in [1.82, 2.24) is 0 Å². The molecule has 2 unspecified atom stereocenters. The van der Waals surface area contributed by atoms with Crippen molar-refractivity contribution in [3.8, 4) is 0 Å². The SMILES string of the molecule is CC/C=C/C=C/C=C/CCCCCCCC(=O)OC(COC(=O)CCCCCCCCCCCCCCCCC)COP(=O)(O)OCCN. The van der Waals surface area contributed by atoms with Crippen LogP contribution in [0.1, 0.15) is 168 Å². The molecule has 0 saturated heterocycles. The zero-order chi connectivity index (χ0) is 36.1. The number of carbonyl (C=O) groups is 2. The first kappa shape index (κ1) is 47.2. The highest BCUT2D eigenvalue weighted by Crippen LogP contribution is 2.43. The smallest absolute Gasteiger partial charge is 0.462 e. The van der Waals surface area contributed by atoms with Crippen LogP contribution in [0, 0.1) is 0 Å². The molecule has 0 amide bonds. The number of allylic oxidation sites excluding steroid dienone is 6. The van der Waals surface area contributed by atoms with Crippen molar-refractivity contribution in [3.63, 3.8) is 0 Å². The molecule has 9 nitrogen and oxygen atoms in total. The maximum atomic E-state index is 12.5. The predicted octanol–water partition coefficient (Wildman–Crippen LogP) is 10.6. The molecule has 0 radical (unpaired) electrons. The monoisotopic (exact) mass is 713 g/mol. The first-order chi connectivity index (χ1) is 23.8. The fraction of sp³-hybridized carbons (Fsp3) is 0.795. The van der Waals surface area contributed by atoms with Crippen LogP contribution in [0.5, 0.6) is 0 Å². The summed E-state index contributed by atoms with van der Waals surface area (Å²) in [4.78, 5) is 34.7. The second-order valence-corrected chi connectivity index (χ2v) is 14.3. The molecule has 3 N–H and O–H groups in total. The van der Waals surface area contributed by atoms with Crippen molar-refractivity contribution in [1.29, 1.82) is 0 Å². The minimum absolute atomic E-state index is 0.0498. The van der Waals surface area contributed by atoms with E-state index in [1.54, 1.807) is 0 Å². The minimum atomic E-state index is -4.37. The molecular weight excluding hydrogens is 641 g/mol. The fourth-order valence-electron chi connectivity index (χ4n) is 5.22. The lowest BCUT2D eigenvalue weighted by Crippen LogP contribution is -2.29. The molecule has 0 aliphatic rings. The van der Waals surface area contributed by atoms with E-state index >= 15 is 0 Å². The van der Waals surface area contributed by atoms with E-state index in [1.165, 1.54) is 77.0 Å². The lowest BCUT2D eigenvalue weighted by atomic mass is 10.0. The standard InChI is InChI=1S/C39H72NO8P/c1-3-5-7-9-11-13-15-17-18-20-21-23-25-27-29-31-38(41)45-35-37(36-47-49(43,44)46-34-33-40)48-39(42)32-30-28-26-24-22-19-16-14-12-10-8-6-4-2/h6,8,10,12,14,16,37H,3-5,7,9,11,13,15,17-36,40H2,1-2H3,(H,43,44)/b8-6+,12-10+,16-14+. The lowest BCUT2D eigenvalue weighted by Gasteiger charge is -2.19. The molecule has 0 rings (SSSR count). The number of nitrogens with two attached hydrogens (primary N) is 1. The molecule has 0 aliphatic carbocycles. The van der Waals surface area contributed by atoms with Gasteiger partial charge < -0.3 is 20.1 Å². The van der Waals surface area contributed by atoms with E-state index in [4.69, 9.17) is 24.3 Å². The van der Waals surface area contributed by atoms with Crippen LogP contribution < -0.4 is 5.73 Å². The molecule has 0 aliphatic heterocycles. The van der Waals surface area contributed by atoms with Crippen LogP contribution in [-0.4, -0.2) is 49.3 Å². The van der Waals surface area contributed by atoms with E-state index in [2.05, 4.69) is 32.1 Å². The maximum Gasteiger partial charge on any atom is 0.472 e. The van der Waals surface area contributed by atoms with Crippen LogP contribution in [0.3, 0.4) is 0 Å². The molecule has 2 atom stereocenters. The Balaban J connectivity index is 4.21. The predicted molar refractivity (Wildman–Crippen MR) is 201 cm³/mol. The minimum Gasteiger partial charge on any atom is -0.462 e. The highest BCUT2D eigenvalue weighted by molar-refractivity contribution is 7.47. The number of ether oxygens (including phenoxy) is 2. The Hall–Kier alpha value is -1.77.